The van der Waals surface area contributed by atoms with Gasteiger partial charge in [-0.2, -0.15) is 0 Å². The van der Waals surface area contributed by atoms with Crippen LogP contribution in [0.3, 0.4) is 0 Å². The molecule has 0 aliphatic rings. The van der Waals surface area contributed by atoms with E-state index in [2.05, 4.69) is 4.98 Å². The Bertz CT molecular complexity index is 238. The van der Waals surface area contributed by atoms with Crippen LogP contribution < -0.4 is 9.47 Å². The number of rotatable bonds is 3. The van der Waals surface area contributed by atoms with Gasteiger partial charge in [-0.1, -0.05) is 6.92 Å². The van der Waals surface area contributed by atoms with Crippen molar-refractivity contribution in [2.45, 2.75) is 13.3 Å². The molecule has 0 spiro atoms. The van der Waals surface area contributed by atoms with Crippen molar-refractivity contribution in [1.82, 2.24) is 4.98 Å². The van der Waals surface area contributed by atoms with E-state index < -0.39 is 0 Å². The first kappa shape index (κ1) is 8.84. The molecule has 1 rings (SSSR count). The summed E-state index contributed by atoms with van der Waals surface area (Å²) < 4.78 is 10.2. The van der Waals surface area contributed by atoms with Gasteiger partial charge in [-0.25, -0.2) is 4.98 Å². The Labute approximate surface area is 72.3 Å². The molecule has 0 unspecified atom stereocenters. The van der Waals surface area contributed by atoms with E-state index in [4.69, 9.17) is 9.47 Å². The molecule has 66 valence electrons. The van der Waals surface area contributed by atoms with E-state index in [1.54, 1.807) is 20.4 Å². The molecule has 0 fully saturated rings. The first-order valence-corrected chi connectivity index (χ1v) is 3.89. The van der Waals surface area contributed by atoms with E-state index in [-0.39, 0.29) is 0 Å². The Morgan fingerprint density at radius 2 is 2.08 bits per heavy atom. The molecule has 1 aromatic heterocycles. The lowest BCUT2D eigenvalue weighted by Gasteiger charge is -2.09. The molecule has 0 atom stereocenters. The van der Waals surface area contributed by atoms with Crippen LogP contribution in [0.2, 0.25) is 0 Å². The molecule has 1 heterocycles. The molecule has 0 N–H and O–H groups in total. The zero-order valence-electron chi connectivity index (χ0n) is 7.63. The predicted octanol–water partition coefficient (Wildman–Crippen LogP) is 1.66. The molecule has 0 aliphatic heterocycles. The van der Waals surface area contributed by atoms with Crippen molar-refractivity contribution in [2.24, 2.45) is 0 Å². The summed E-state index contributed by atoms with van der Waals surface area (Å²) in [4.78, 5) is 4.07. The number of hydrogen-bond acceptors (Lipinski definition) is 3. The summed E-state index contributed by atoms with van der Waals surface area (Å²) in [6, 6.07) is 1.83. The number of hydrogen-bond donors (Lipinski definition) is 0. The minimum absolute atomic E-state index is 0.650. The highest BCUT2D eigenvalue weighted by Crippen LogP contribution is 2.25. The van der Waals surface area contributed by atoms with Gasteiger partial charge in [0.2, 0.25) is 5.88 Å². The quantitative estimate of drug-likeness (QED) is 0.686. The largest absolute Gasteiger partial charge is 0.496 e. The third kappa shape index (κ3) is 1.49. The van der Waals surface area contributed by atoms with Gasteiger partial charge in [0.1, 0.15) is 5.75 Å². The molecule has 0 bridgehead atoms. The smallest absolute Gasteiger partial charge is 0.219 e. The van der Waals surface area contributed by atoms with Gasteiger partial charge in [0, 0.05) is 6.20 Å². The SMILES string of the molecule is CCc1c(OC)ccnc1OC. The van der Waals surface area contributed by atoms with Gasteiger partial charge in [-0.05, 0) is 12.5 Å². The Kier molecular flexibility index (Phi) is 2.91. The fourth-order valence-electron chi connectivity index (χ4n) is 1.15. The van der Waals surface area contributed by atoms with Crippen LogP contribution in [0, 0.1) is 0 Å². The van der Waals surface area contributed by atoms with Gasteiger partial charge < -0.3 is 9.47 Å². The Morgan fingerprint density at radius 1 is 1.33 bits per heavy atom. The van der Waals surface area contributed by atoms with E-state index in [9.17, 15) is 0 Å². The lowest BCUT2D eigenvalue weighted by molar-refractivity contribution is 0.374. The number of ether oxygens (including phenoxy) is 2. The summed E-state index contributed by atoms with van der Waals surface area (Å²) in [5, 5.41) is 0. The predicted molar refractivity (Wildman–Crippen MR) is 46.7 cm³/mol. The summed E-state index contributed by atoms with van der Waals surface area (Å²) in [5.41, 5.74) is 1.02. The number of aromatic nitrogens is 1. The summed E-state index contributed by atoms with van der Waals surface area (Å²) >= 11 is 0. The van der Waals surface area contributed by atoms with Crippen molar-refractivity contribution in [3.05, 3.63) is 17.8 Å². The summed E-state index contributed by atoms with van der Waals surface area (Å²) in [5.74, 6) is 1.49. The van der Waals surface area contributed by atoms with E-state index in [0.717, 1.165) is 17.7 Å². The monoisotopic (exact) mass is 167 g/mol. The third-order valence-corrected chi connectivity index (χ3v) is 1.74. The highest BCUT2D eigenvalue weighted by atomic mass is 16.5. The number of nitrogens with zero attached hydrogens (tertiary/aromatic N) is 1. The molecule has 0 amide bonds. The van der Waals surface area contributed by atoms with Crippen molar-refractivity contribution in [3.8, 4) is 11.6 Å². The summed E-state index contributed by atoms with van der Waals surface area (Å²) in [7, 11) is 3.26. The van der Waals surface area contributed by atoms with Crippen molar-refractivity contribution in [2.75, 3.05) is 14.2 Å². The zero-order chi connectivity index (χ0) is 8.97. The van der Waals surface area contributed by atoms with Gasteiger partial charge in [0.25, 0.3) is 0 Å². The topological polar surface area (TPSA) is 31.4 Å². The molecular formula is C9H13NO2. The normalized spacial score (nSPS) is 9.58. The molecule has 0 saturated carbocycles. The molecule has 12 heavy (non-hydrogen) atoms. The van der Waals surface area contributed by atoms with Crippen LogP contribution in [0.1, 0.15) is 12.5 Å². The van der Waals surface area contributed by atoms with Gasteiger partial charge in [0.15, 0.2) is 0 Å². The van der Waals surface area contributed by atoms with E-state index in [0.29, 0.717) is 5.88 Å². The zero-order valence-corrected chi connectivity index (χ0v) is 7.63. The minimum atomic E-state index is 0.650. The lowest BCUT2D eigenvalue weighted by Crippen LogP contribution is -1.97. The molecular weight excluding hydrogens is 154 g/mol. The summed E-state index contributed by atoms with van der Waals surface area (Å²) in [6.45, 7) is 2.04. The maximum absolute atomic E-state index is 5.16. The van der Waals surface area contributed by atoms with Crippen LogP contribution in [0.15, 0.2) is 12.3 Å². The van der Waals surface area contributed by atoms with Crippen molar-refractivity contribution in [3.63, 3.8) is 0 Å². The fraction of sp³-hybridized carbons (Fsp3) is 0.444. The van der Waals surface area contributed by atoms with Gasteiger partial charge in [-0.3, -0.25) is 0 Å². The highest BCUT2D eigenvalue weighted by Gasteiger charge is 2.07. The fourth-order valence-corrected chi connectivity index (χ4v) is 1.15. The molecule has 0 aromatic carbocycles. The minimum Gasteiger partial charge on any atom is -0.496 e. The molecule has 3 heteroatoms. The van der Waals surface area contributed by atoms with Crippen LogP contribution in [-0.4, -0.2) is 19.2 Å². The van der Waals surface area contributed by atoms with Gasteiger partial charge >= 0.3 is 0 Å². The van der Waals surface area contributed by atoms with Crippen LogP contribution in [0.4, 0.5) is 0 Å². The number of methoxy groups -OCH3 is 2. The average Bonchev–Trinajstić information content (AvgIpc) is 2.16. The Balaban J connectivity index is 3.13. The Hall–Kier alpha value is -1.25. The second-order valence-electron chi connectivity index (χ2n) is 2.35. The molecule has 3 nitrogen and oxygen atoms in total. The van der Waals surface area contributed by atoms with Crippen molar-refractivity contribution >= 4 is 0 Å². The van der Waals surface area contributed by atoms with E-state index >= 15 is 0 Å². The second-order valence-corrected chi connectivity index (χ2v) is 2.35. The van der Waals surface area contributed by atoms with Gasteiger partial charge in [0.05, 0.1) is 19.8 Å². The standard InChI is InChI=1S/C9H13NO2/c1-4-7-8(11-2)5-6-10-9(7)12-3/h5-6H,4H2,1-3H3. The van der Waals surface area contributed by atoms with Crippen molar-refractivity contribution < 1.29 is 9.47 Å². The third-order valence-electron chi connectivity index (χ3n) is 1.74. The second kappa shape index (κ2) is 3.95. The van der Waals surface area contributed by atoms with Crippen molar-refractivity contribution in [1.29, 1.82) is 0 Å². The Morgan fingerprint density at radius 3 is 2.58 bits per heavy atom. The molecule has 0 radical (unpaired) electrons. The van der Waals surface area contributed by atoms with E-state index in [1.165, 1.54) is 0 Å². The van der Waals surface area contributed by atoms with Crippen LogP contribution in [0.5, 0.6) is 11.6 Å². The molecule has 1 aromatic rings. The number of pyridine rings is 1. The highest BCUT2D eigenvalue weighted by molar-refractivity contribution is 5.39. The van der Waals surface area contributed by atoms with Crippen LogP contribution in [0.25, 0.3) is 0 Å². The molecule has 0 aliphatic carbocycles. The maximum Gasteiger partial charge on any atom is 0.219 e. The first-order valence-electron chi connectivity index (χ1n) is 3.89. The molecule has 0 saturated heterocycles. The maximum atomic E-state index is 5.16. The average molecular weight is 167 g/mol. The first-order chi connectivity index (χ1) is 5.83. The van der Waals surface area contributed by atoms with Crippen LogP contribution >= 0.6 is 0 Å². The van der Waals surface area contributed by atoms with Gasteiger partial charge in [-0.15, -0.1) is 0 Å². The van der Waals surface area contributed by atoms with E-state index in [1.807, 2.05) is 13.0 Å². The lowest BCUT2D eigenvalue weighted by atomic mass is 10.2. The van der Waals surface area contributed by atoms with Crippen LogP contribution in [-0.2, 0) is 6.42 Å². The summed E-state index contributed by atoms with van der Waals surface area (Å²) in [6.07, 6.45) is 2.54.